The van der Waals surface area contributed by atoms with Gasteiger partial charge in [-0.1, -0.05) is 6.07 Å². The Morgan fingerprint density at radius 1 is 1.06 bits per heavy atom. The second-order valence-corrected chi connectivity index (χ2v) is 9.95. The molecular weight excluding hydrogens is 440 g/mol. The Labute approximate surface area is 196 Å². The molecule has 1 N–H and O–H groups in total. The number of likely N-dealkylation sites (tertiary alicyclic amines) is 1. The summed E-state index contributed by atoms with van der Waals surface area (Å²) in [5, 5.41) is 2.29. The van der Waals surface area contributed by atoms with Gasteiger partial charge in [-0.25, -0.2) is 4.79 Å². The number of imide groups is 1. The van der Waals surface area contributed by atoms with Crippen molar-refractivity contribution in [2.24, 2.45) is 13.0 Å². The number of imidazole rings is 1. The van der Waals surface area contributed by atoms with Crippen molar-refractivity contribution in [3.63, 3.8) is 0 Å². The van der Waals surface area contributed by atoms with Crippen LogP contribution in [0, 0.1) is 5.92 Å². The number of nitrogens with zero attached hydrogens (tertiary/aromatic N) is 3. The first kappa shape index (κ1) is 23.7. The molecule has 1 atom stereocenters. The summed E-state index contributed by atoms with van der Waals surface area (Å²) in [6.45, 7) is 6.29. The molecule has 0 aliphatic carbocycles. The number of hydrogen-bond acceptors (Lipinski definition) is 6. The van der Waals surface area contributed by atoms with Crippen LogP contribution >= 0.6 is 0 Å². The summed E-state index contributed by atoms with van der Waals surface area (Å²) >= 11 is 0. The zero-order valence-electron chi connectivity index (χ0n) is 19.9. The maximum absolute atomic E-state index is 13.4. The second-order valence-electron chi connectivity index (χ2n) is 9.95. The van der Waals surface area contributed by atoms with Crippen molar-refractivity contribution in [1.82, 2.24) is 19.4 Å². The number of benzene rings is 1. The third-order valence-electron chi connectivity index (χ3n) is 6.38. The van der Waals surface area contributed by atoms with Crippen LogP contribution in [0.15, 0.2) is 23.0 Å². The van der Waals surface area contributed by atoms with Gasteiger partial charge in [-0.3, -0.25) is 33.6 Å². The van der Waals surface area contributed by atoms with E-state index in [0.29, 0.717) is 42.5 Å². The quantitative estimate of drug-likeness (QED) is 0.536. The van der Waals surface area contributed by atoms with Crippen molar-refractivity contribution in [2.45, 2.75) is 58.1 Å². The fourth-order valence-corrected chi connectivity index (χ4v) is 4.71. The summed E-state index contributed by atoms with van der Waals surface area (Å²) in [7, 11) is 1.57. The lowest BCUT2D eigenvalue weighted by atomic mass is 9.96. The second kappa shape index (κ2) is 8.73. The van der Waals surface area contributed by atoms with E-state index in [4.69, 9.17) is 4.74 Å². The molecule has 0 radical (unpaired) electrons. The van der Waals surface area contributed by atoms with E-state index in [0.717, 1.165) is 0 Å². The van der Waals surface area contributed by atoms with Gasteiger partial charge in [-0.05, 0) is 52.2 Å². The predicted octanol–water partition coefficient (Wildman–Crippen LogP) is 1.51. The van der Waals surface area contributed by atoms with Gasteiger partial charge in [0, 0.05) is 26.6 Å². The van der Waals surface area contributed by atoms with Gasteiger partial charge in [0.1, 0.15) is 11.6 Å². The van der Waals surface area contributed by atoms with Crippen LogP contribution in [0.4, 0.5) is 0 Å². The van der Waals surface area contributed by atoms with E-state index in [1.807, 2.05) is 20.8 Å². The number of aryl methyl sites for hydroxylation is 1. The number of carbonyl (C=O) groups is 4. The Kier molecular flexibility index (Phi) is 6.09. The summed E-state index contributed by atoms with van der Waals surface area (Å²) in [6, 6.07) is 4.24. The van der Waals surface area contributed by atoms with E-state index in [-0.39, 0.29) is 36.5 Å². The van der Waals surface area contributed by atoms with Gasteiger partial charge >= 0.3 is 11.7 Å². The van der Waals surface area contributed by atoms with Crippen LogP contribution < -0.4 is 11.0 Å². The number of aromatic nitrogens is 2. The fraction of sp³-hybridized carbons (Fsp3) is 0.542. The zero-order chi connectivity index (χ0) is 24.8. The number of para-hydroxylation sites is 1. The van der Waals surface area contributed by atoms with Crippen LogP contribution in [0.5, 0.6) is 0 Å². The Morgan fingerprint density at radius 3 is 2.35 bits per heavy atom. The Hall–Kier alpha value is -3.43. The number of piperidine rings is 2. The van der Waals surface area contributed by atoms with Gasteiger partial charge in [0.05, 0.1) is 22.5 Å². The van der Waals surface area contributed by atoms with E-state index < -0.39 is 23.2 Å². The molecule has 2 aliphatic rings. The molecule has 182 valence electrons. The molecular formula is C24H30N4O6. The average Bonchev–Trinajstić information content (AvgIpc) is 3.03. The number of rotatable bonds is 3. The molecule has 2 fully saturated rings. The van der Waals surface area contributed by atoms with Crippen molar-refractivity contribution in [3.05, 3.63) is 34.2 Å². The summed E-state index contributed by atoms with van der Waals surface area (Å²) in [4.78, 5) is 64.6. The number of hydrogen-bond donors (Lipinski definition) is 1. The molecule has 34 heavy (non-hydrogen) atoms. The third kappa shape index (κ3) is 4.36. The van der Waals surface area contributed by atoms with E-state index in [1.54, 1.807) is 30.1 Å². The molecule has 1 unspecified atom stereocenters. The molecule has 2 aliphatic heterocycles. The lowest BCUT2D eigenvalue weighted by molar-refractivity contribution is -0.161. The minimum atomic E-state index is -0.816. The number of amides is 3. The normalized spacial score (nSPS) is 19.9. The van der Waals surface area contributed by atoms with Gasteiger partial charge in [-0.15, -0.1) is 0 Å². The molecule has 10 nitrogen and oxygen atoms in total. The van der Waals surface area contributed by atoms with Crippen LogP contribution in [0.25, 0.3) is 11.0 Å². The topological polar surface area (TPSA) is 120 Å². The summed E-state index contributed by atoms with van der Waals surface area (Å²) < 4.78 is 8.22. The summed E-state index contributed by atoms with van der Waals surface area (Å²) in [5.41, 5.74) is 0.292. The third-order valence-corrected chi connectivity index (χ3v) is 6.38. The molecule has 2 aromatic rings. The van der Waals surface area contributed by atoms with Gasteiger partial charge in [0.2, 0.25) is 11.8 Å². The first-order valence-corrected chi connectivity index (χ1v) is 11.5. The predicted molar refractivity (Wildman–Crippen MR) is 123 cm³/mol. The molecule has 0 spiro atoms. The van der Waals surface area contributed by atoms with Gasteiger partial charge < -0.3 is 9.64 Å². The minimum absolute atomic E-state index is 0.143. The maximum Gasteiger partial charge on any atom is 0.329 e. The molecule has 3 heterocycles. The lowest BCUT2D eigenvalue weighted by Gasteiger charge is -2.32. The van der Waals surface area contributed by atoms with Crippen LogP contribution in [0.3, 0.4) is 0 Å². The number of fused-ring (bicyclic) bond motifs is 1. The maximum atomic E-state index is 13.4. The highest BCUT2D eigenvalue weighted by molar-refractivity contribution is 6.06. The Morgan fingerprint density at radius 2 is 1.74 bits per heavy atom. The van der Waals surface area contributed by atoms with Gasteiger partial charge in [0.15, 0.2) is 0 Å². The van der Waals surface area contributed by atoms with Crippen molar-refractivity contribution in [2.75, 3.05) is 13.1 Å². The monoisotopic (exact) mass is 470 g/mol. The zero-order valence-corrected chi connectivity index (χ0v) is 19.9. The average molecular weight is 471 g/mol. The molecule has 2 saturated heterocycles. The highest BCUT2D eigenvalue weighted by Gasteiger charge is 2.34. The van der Waals surface area contributed by atoms with E-state index in [2.05, 4.69) is 5.32 Å². The SMILES string of the molecule is Cn1c(=O)n(C2CCC(=O)NC2=O)c2cccc(C(=O)N3CCC(C(=O)OC(C)(C)C)CC3)c21. The highest BCUT2D eigenvalue weighted by Crippen LogP contribution is 2.27. The molecule has 0 saturated carbocycles. The van der Waals surface area contributed by atoms with Crippen molar-refractivity contribution in [1.29, 1.82) is 0 Å². The van der Waals surface area contributed by atoms with Gasteiger partial charge in [0.25, 0.3) is 5.91 Å². The lowest BCUT2D eigenvalue weighted by Crippen LogP contribution is -2.44. The van der Waals surface area contributed by atoms with Crippen molar-refractivity contribution in [3.8, 4) is 0 Å². The highest BCUT2D eigenvalue weighted by atomic mass is 16.6. The largest absolute Gasteiger partial charge is 0.460 e. The molecule has 0 bridgehead atoms. The molecule has 1 aromatic carbocycles. The standard InChI is InChI=1S/C24H30N4O6/c1-24(2,3)34-22(32)14-10-12-27(13-11-14)21(31)15-6-5-7-16-19(15)26(4)23(33)28(16)17-8-9-18(29)25-20(17)30/h5-7,14,17H,8-13H2,1-4H3,(H,25,29,30). The Bertz CT molecular complexity index is 1230. The summed E-state index contributed by atoms with van der Waals surface area (Å²) in [5.74, 6) is -1.61. The van der Waals surface area contributed by atoms with Gasteiger partial charge in [-0.2, -0.15) is 0 Å². The summed E-state index contributed by atoms with van der Waals surface area (Å²) in [6.07, 6.45) is 1.38. The van der Waals surface area contributed by atoms with Crippen LogP contribution in [0.1, 0.15) is 62.9 Å². The fourth-order valence-electron chi connectivity index (χ4n) is 4.71. The van der Waals surface area contributed by atoms with Crippen LogP contribution in [-0.4, -0.2) is 56.4 Å². The van der Waals surface area contributed by atoms with Crippen molar-refractivity contribution >= 4 is 34.7 Å². The molecule has 4 rings (SSSR count). The van der Waals surface area contributed by atoms with Crippen molar-refractivity contribution < 1.29 is 23.9 Å². The molecule has 3 amide bonds. The van der Waals surface area contributed by atoms with Crippen LogP contribution in [0.2, 0.25) is 0 Å². The van der Waals surface area contributed by atoms with E-state index >= 15 is 0 Å². The first-order chi connectivity index (χ1) is 16.0. The van der Waals surface area contributed by atoms with Crippen LogP contribution in [-0.2, 0) is 26.2 Å². The number of nitrogens with one attached hydrogen (secondary N) is 1. The Balaban J connectivity index is 1.59. The molecule has 10 heteroatoms. The minimum Gasteiger partial charge on any atom is -0.460 e. The smallest absolute Gasteiger partial charge is 0.329 e. The number of ether oxygens (including phenoxy) is 1. The number of esters is 1. The first-order valence-electron chi connectivity index (χ1n) is 11.5. The van der Waals surface area contributed by atoms with E-state index in [1.165, 1.54) is 9.13 Å². The van der Waals surface area contributed by atoms with E-state index in [9.17, 15) is 24.0 Å². The number of carbonyl (C=O) groups excluding carboxylic acids is 4. The molecule has 1 aromatic heterocycles.